The van der Waals surface area contributed by atoms with E-state index in [4.69, 9.17) is 10.8 Å². The molecule has 0 aliphatic rings. The standard InChI is InChI=1S/C3H7NO.CH2N2/c1-4(2)3-5;2-1-3/h3H,1-2H3;2-3H. The molecular formula is C4H9N3O. The Labute approximate surface area is 48.1 Å². The second kappa shape index (κ2) is 9.28. The van der Waals surface area contributed by atoms with Crippen LogP contribution in [0.25, 0.3) is 0 Å². The first kappa shape index (κ1) is 9.97. The molecule has 0 radical (unpaired) electrons. The summed E-state index contributed by atoms with van der Waals surface area (Å²) in [6, 6.07) is 1.25. The lowest BCUT2D eigenvalue weighted by molar-refractivity contribution is -0.115. The van der Waals surface area contributed by atoms with Gasteiger partial charge < -0.3 is 4.90 Å². The van der Waals surface area contributed by atoms with E-state index in [2.05, 4.69) is 0 Å². The number of carbonyl (C=O) groups excluding carboxylic acids is 1. The number of rotatable bonds is 1. The first-order chi connectivity index (χ1) is 3.68. The molecule has 0 aromatic heterocycles. The molecule has 4 nitrogen and oxygen atoms in total. The molecule has 46 valence electrons. The number of hydrogen-bond acceptors (Lipinski definition) is 3. The van der Waals surface area contributed by atoms with Crippen LogP contribution in [0.3, 0.4) is 0 Å². The summed E-state index contributed by atoms with van der Waals surface area (Å²) in [5.41, 5.74) is 0. The van der Waals surface area contributed by atoms with Crippen LogP contribution in [0.2, 0.25) is 0 Å². The van der Waals surface area contributed by atoms with Crippen molar-refractivity contribution in [1.29, 1.82) is 10.8 Å². The number of hydrogen-bond donors (Lipinski definition) is 2. The molecule has 0 atom stereocenters. The Hall–Kier alpha value is -1.15. The SMILES string of the molecule is CN(C)C=O.N=C=N. The molecular weight excluding hydrogens is 106 g/mol. The second-order valence-corrected chi connectivity index (χ2v) is 1.19. The summed E-state index contributed by atoms with van der Waals surface area (Å²) >= 11 is 0. The van der Waals surface area contributed by atoms with Crippen LogP contribution in [0.15, 0.2) is 0 Å². The van der Waals surface area contributed by atoms with Gasteiger partial charge in [-0.15, -0.1) is 0 Å². The molecule has 0 spiro atoms. The molecule has 0 saturated heterocycles. The summed E-state index contributed by atoms with van der Waals surface area (Å²) in [5.74, 6) is 0. The van der Waals surface area contributed by atoms with Crippen molar-refractivity contribution in [2.24, 2.45) is 0 Å². The highest BCUT2D eigenvalue weighted by Crippen LogP contribution is 1.52. The van der Waals surface area contributed by atoms with Crippen molar-refractivity contribution >= 4 is 12.4 Å². The Morgan fingerprint density at radius 1 is 1.50 bits per heavy atom. The van der Waals surface area contributed by atoms with Gasteiger partial charge in [-0.25, -0.2) is 10.8 Å². The zero-order valence-electron chi connectivity index (χ0n) is 4.93. The summed E-state index contributed by atoms with van der Waals surface area (Å²) in [6.45, 7) is 0. The van der Waals surface area contributed by atoms with E-state index in [-0.39, 0.29) is 0 Å². The molecule has 0 aliphatic heterocycles. The zero-order chi connectivity index (χ0) is 6.99. The third-order valence-electron chi connectivity index (χ3n) is 0.211. The highest BCUT2D eigenvalue weighted by Gasteiger charge is 1.68. The van der Waals surface area contributed by atoms with Crippen LogP contribution in [0.4, 0.5) is 0 Å². The first-order valence-corrected chi connectivity index (χ1v) is 1.89. The van der Waals surface area contributed by atoms with Gasteiger partial charge in [0.25, 0.3) is 0 Å². The first-order valence-electron chi connectivity index (χ1n) is 1.89. The van der Waals surface area contributed by atoms with E-state index >= 15 is 0 Å². The van der Waals surface area contributed by atoms with Crippen LogP contribution < -0.4 is 0 Å². The van der Waals surface area contributed by atoms with Crippen LogP contribution in [0.1, 0.15) is 0 Å². The highest BCUT2D eigenvalue weighted by atomic mass is 16.1. The topological polar surface area (TPSA) is 68.0 Å². The van der Waals surface area contributed by atoms with Gasteiger partial charge in [0.1, 0.15) is 0 Å². The predicted molar refractivity (Wildman–Crippen MR) is 30.2 cm³/mol. The monoisotopic (exact) mass is 115 g/mol. The van der Waals surface area contributed by atoms with Crippen LogP contribution in [0.5, 0.6) is 0 Å². The summed E-state index contributed by atoms with van der Waals surface area (Å²) in [7, 11) is 3.38. The van der Waals surface area contributed by atoms with Gasteiger partial charge in [-0.1, -0.05) is 0 Å². The Morgan fingerprint density at radius 3 is 1.62 bits per heavy atom. The molecule has 0 aromatic rings. The molecule has 0 aromatic carbocycles. The molecule has 0 fully saturated rings. The van der Waals surface area contributed by atoms with Gasteiger partial charge in [0.2, 0.25) is 6.41 Å². The van der Waals surface area contributed by atoms with Gasteiger partial charge in [0, 0.05) is 14.1 Å². The van der Waals surface area contributed by atoms with Gasteiger partial charge in [-0.05, 0) is 0 Å². The maximum absolute atomic E-state index is 9.43. The Morgan fingerprint density at radius 2 is 1.62 bits per heavy atom. The van der Waals surface area contributed by atoms with E-state index in [0.29, 0.717) is 0 Å². The minimum absolute atomic E-state index is 0.750. The number of nitrogens with zero attached hydrogens (tertiary/aromatic N) is 1. The Bertz CT molecular complexity index is 83.3. The van der Waals surface area contributed by atoms with E-state index < -0.39 is 0 Å². The largest absolute Gasteiger partial charge is 0.351 e. The van der Waals surface area contributed by atoms with Crippen molar-refractivity contribution in [1.82, 2.24) is 4.90 Å². The molecule has 1 amide bonds. The third-order valence-corrected chi connectivity index (χ3v) is 0.211. The van der Waals surface area contributed by atoms with Crippen LogP contribution in [0, 0.1) is 10.8 Å². The maximum Gasteiger partial charge on any atom is 0.209 e. The fourth-order valence-electron chi connectivity index (χ4n) is 0. The smallest absolute Gasteiger partial charge is 0.209 e. The Kier molecular flexibility index (Phi) is 11.6. The molecule has 0 heterocycles. The minimum atomic E-state index is 0.750. The van der Waals surface area contributed by atoms with Crippen molar-refractivity contribution in [2.45, 2.75) is 0 Å². The fraction of sp³-hybridized carbons (Fsp3) is 0.500. The van der Waals surface area contributed by atoms with Gasteiger partial charge in [0.05, 0.1) is 6.01 Å². The lowest BCUT2D eigenvalue weighted by Crippen LogP contribution is -2.06. The van der Waals surface area contributed by atoms with E-state index in [1.165, 1.54) is 10.9 Å². The zero-order valence-corrected chi connectivity index (χ0v) is 4.93. The molecule has 0 aliphatic carbocycles. The van der Waals surface area contributed by atoms with Crippen molar-refractivity contribution in [3.05, 3.63) is 0 Å². The van der Waals surface area contributed by atoms with Crippen LogP contribution >= 0.6 is 0 Å². The quantitative estimate of drug-likeness (QED) is 0.367. The minimum Gasteiger partial charge on any atom is -0.351 e. The normalized spacial score (nSPS) is 5.25. The molecule has 0 rings (SSSR count). The van der Waals surface area contributed by atoms with E-state index in [1.54, 1.807) is 14.1 Å². The number of nitrogens with one attached hydrogen (secondary N) is 2. The van der Waals surface area contributed by atoms with Crippen LogP contribution in [-0.4, -0.2) is 31.4 Å². The molecule has 2 N–H and O–H groups in total. The second-order valence-electron chi connectivity index (χ2n) is 1.19. The average Bonchev–Trinajstić information content (AvgIpc) is 1.69. The van der Waals surface area contributed by atoms with E-state index in [0.717, 1.165) is 6.41 Å². The van der Waals surface area contributed by atoms with Crippen molar-refractivity contribution in [3.8, 4) is 0 Å². The summed E-state index contributed by atoms with van der Waals surface area (Å²) in [5, 5.41) is 11.2. The highest BCUT2D eigenvalue weighted by molar-refractivity contribution is 5.45. The predicted octanol–water partition coefficient (Wildman–Crippen LogP) is 0.0222. The number of carbonyl (C=O) groups is 1. The summed E-state index contributed by atoms with van der Waals surface area (Å²) in [4.78, 5) is 10.9. The molecule has 0 saturated carbocycles. The molecule has 0 unspecified atom stereocenters. The van der Waals surface area contributed by atoms with E-state index in [9.17, 15) is 4.79 Å². The van der Waals surface area contributed by atoms with Gasteiger partial charge in [-0.2, -0.15) is 0 Å². The molecule has 4 heteroatoms. The molecule has 8 heavy (non-hydrogen) atoms. The third kappa shape index (κ3) is 99.5. The van der Waals surface area contributed by atoms with Crippen molar-refractivity contribution in [2.75, 3.05) is 14.1 Å². The van der Waals surface area contributed by atoms with Gasteiger partial charge in [0.15, 0.2) is 0 Å². The van der Waals surface area contributed by atoms with Gasteiger partial charge in [-0.3, -0.25) is 4.79 Å². The maximum atomic E-state index is 9.43. The lowest BCUT2D eigenvalue weighted by Gasteiger charge is -1.93. The van der Waals surface area contributed by atoms with Crippen LogP contribution in [-0.2, 0) is 4.79 Å². The summed E-state index contributed by atoms with van der Waals surface area (Å²) in [6.07, 6.45) is 0.750. The Balaban J connectivity index is 0. The van der Waals surface area contributed by atoms with Crippen molar-refractivity contribution in [3.63, 3.8) is 0 Å². The molecule has 0 bridgehead atoms. The van der Waals surface area contributed by atoms with Gasteiger partial charge >= 0.3 is 0 Å². The fourth-order valence-corrected chi connectivity index (χ4v) is 0. The van der Waals surface area contributed by atoms with Crippen molar-refractivity contribution < 1.29 is 4.79 Å². The lowest BCUT2D eigenvalue weighted by atomic mass is 11.0. The number of amides is 1. The summed E-state index contributed by atoms with van der Waals surface area (Å²) < 4.78 is 0. The average molecular weight is 115 g/mol. The van der Waals surface area contributed by atoms with E-state index in [1.807, 2.05) is 0 Å².